The number of H-pyrrole nitrogens is 1. The maximum atomic E-state index is 12.9. The number of amides is 1. The number of nitrogens with zero attached hydrogens (tertiary/aromatic N) is 3. The number of carbonyl (C=O) groups excluding carboxylic acids is 1. The summed E-state index contributed by atoms with van der Waals surface area (Å²) < 4.78 is 25.7. The number of aryl methyl sites for hydroxylation is 1. The van der Waals surface area contributed by atoms with Crippen molar-refractivity contribution >= 4 is 15.7 Å². The zero-order valence-electron chi connectivity index (χ0n) is 13.2. The summed E-state index contributed by atoms with van der Waals surface area (Å²) in [5, 5.41) is 6.69. The smallest absolute Gasteiger partial charge is 0.271 e. The van der Waals surface area contributed by atoms with E-state index in [0.717, 1.165) is 25.5 Å². The van der Waals surface area contributed by atoms with Crippen molar-refractivity contribution in [3.63, 3.8) is 0 Å². The molecule has 0 aliphatic carbocycles. The molecule has 7 nitrogen and oxygen atoms in total. The first-order valence-electron chi connectivity index (χ1n) is 7.55. The highest BCUT2D eigenvalue weighted by molar-refractivity contribution is 7.90. The van der Waals surface area contributed by atoms with Crippen LogP contribution in [-0.2, 0) is 16.9 Å². The van der Waals surface area contributed by atoms with Crippen LogP contribution in [0, 0.1) is 0 Å². The van der Waals surface area contributed by atoms with Crippen LogP contribution in [0.1, 0.15) is 41.5 Å². The average molecular weight is 336 g/mol. The molecule has 0 bridgehead atoms. The van der Waals surface area contributed by atoms with Crippen molar-refractivity contribution in [2.75, 3.05) is 12.8 Å². The van der Waals surface area contributed by atoms with Crippen molar-refractivity contribution in [2.45, 2.75) is 30.2 Å². The highest BCUT2D eigenvalue weighted by Crippen LogP contribution is 2.34. The van der Waals surface area contributed by atoms with Crippen molar-refractivity contribution in [3.8, 4) is 0 Å². The molecule has 8 heteroatoms. The van der Waals surface area contributed by atoms with Crippen molar-refractivity contribution < 1.29 is 13.2 Å². The number of aromatic nitrogens is 3. The molecule has 0 radical (unpaired) electrons. The minimum absolute atomic E-state index is 0.0868. The van der Waals surface area contributed by atoms with Gasteiger partial charge >= 0.3 is 0 Å². The van der Waals surface area contributed by atoms with Gasteiger partial charge in [-0.1, -0.05) is 0 Å². The molecule has 0 aromatic carbocycles. The molecule has 1 amide bonds. The first-order chi connectivity index (χ1) is 10.9. The molecule has 1 fully saturated rings. The van der Waals surface area contributed by atoms with Crippen molar-refractivity contribution in [1.29, 1.82) is 0 Å². The van der Waals surface area contributed by atoms with Gasteiger partial charge in [-0.05, 0) is 31.4 Å². The lowest BCUT2D eigenvalue weighted by Gasteiger charge is -2.35. The maximum absolute atomic E-state index is 12.9. The van der Waals surface area contributed by atoms with Crippen LogP contribution in [0.4, 0.5) is 0 Å². The number of sulfone groups is 1. The molecule has 3 rings (SSSR count). The average Bonchev–Trinajstić information content (AvgIpc) is 3.14. The van der Waals surface area contributed by atoms with Crippen LogP contribution < -0.4 is 0 Å². The van der Waals surface area contributed by atoms with E-state index in [4.69, 9.17) is 0 Å². The Morgan fingerprint density at radius 1 is 1.39 bits per heavy atom. The summed E-state index contributed by atoms with van der Waals surface area (Å²) in [4.78, 5) is 14.8. The maximum Gasteiger partial charge on any atom is 0.271 e. The lowest BCUT2D eigenvalue weighted by atomic mass is 9.99. The van der Waals surface area contributed by atoms with Crippen LogP contribution in [0.2, 0.25) is 0 Å². The highest BCUT2D eigenvalue weighted by Gasteiger charge is 2.33. The van der Waals surface area contributed by atoms with Crippen molar-refractivity contribution in [3.05, 3.63) is 35.9 Å². The van der Waals surface area contributed by atoms with Gasteiger partial charge in [-0.15, -0.1) is 0 Å². The van der Waals surface area contributed by atoms with E-state index in [1.54, 1.807) is 15.5 Å². The van der Waals surface area contributed by atoms with Gasteiger partial charge in [0, 0.05) is 26.0 Å². The third-order valence-corrected chi connectivity index (χ3v) is 5.42. The molecule has 1 aliphatic heterocycles. The molecular weight excluding hydrogens is 316 g/mol. The SMILES string of the molecule is Cn1cccc1C(=O)N1CCCC[C@@H]1c1[nH]ncc1S(C)(=O)=O. The van der Waals surface area contributed by atoms with E-state index in [0.29, 0.717) is 17.9 Å². The molecule has 2 aromatic heterocycles. The third-order valence-electron chi connectivity index (χ3n) is 4.29. The standard InChI is InChI=1S/C15H20N4O3S/c1-18-8-5-7-12(18)15(20)19-9-4-3-6-11(19)14-13(10-16-17-14)23(2,21)22/h5,7-8,10-11H,3-4,6,9H2,1-2H3,(H,16,17)/t11-/m1/s1. The Bertz CT molecular complexity index is 821. The second-order valence-electron chi connectivity index (χ2n) is 5.93. The number of piperidine rings is 1. The lowest BCUT2D eigenvalue weighted by molar-refractivity contribution is 0.0592. The zero-order chi connectivity index (χ0) is 16.6. The fourth-order valence-corrected chi connectivity index (χ4v) is 3.95. The molecule has 0 unspecified atom stereocenters. The predicted molar refractivity (Wildman–Crippen MR) is 84.7 cm³/mol. The quantitative estimate of drug-likeness (QED) is 0.920. The Kier molecular flexibility index (Phi) is 4.01. The number of aromatic amines is 1. The Morgan fingerprint density at radius 2 is 2.17 bits per heavy atom. The molecule has 124 valence electrons. The molecular formula is C15H20N4O3S. The van der Waals surface area contributed by atoms with E-state index in [-0.39, 0.29) is 16.8 Å². The summed E-state index contributed by atoms with van der Waals surface area (Å²) in [5.41, 5.74) is 1.10. The summed E-state index contributed by atoms with van der Waals surface area (Å²) in [6.45, 7) is 0.608. The van der Waals surface area contributed by atoms with Gasteiger partial charge in [0.2, 0.25) is 0 Å². The Hall–Kier alpha value is -2.09. The van der Waals surface area contributed by atoms with Gasteiger partial charge in [0.1, 0.15) is 10.6 Å². The zero-order valence-corrected chi connectivity index (χ0v) is 14.0. The van der Waals surface area contributed by atoms with Crippen LogP contribution in [0.3, 0.4) is 0 Å². The summed E-state index contributed by atoms with van der Waals surface area (Å²) in [5.74, 6) is -0.0868. The van der Waals surface area contributed by atoms with Gasteiger partial charge < -0.3 is 9.47 Å². The van der Waals surface area contributed by atoms with Crippen molar-refractivity contribution in [2.24, 2.45) is 7.05 Å². The van der Waals surface area contributed by atoms with E-state index >= 15 is 0 Å². The first kappa shape index (κ1) is 15.8. The fraction of sp³-hybridized carbons (Fsp3) is 0.467. The second kappa shape index (κ2) is 5.84. The lowest BCUT2D eigenvalue weighted by Crippen LogP contribution is -2.39. The molecule has 1 atom stereocenters. The van der Waals surface area contributed by atoms with Crippen molar-refractivity contribution in [1.82, 2.24) is 19.7 Å². The Labute approximate surface area is 135 Å². The van der Waals surface area contributed by atoms with Gasteiger partial charge in [-0.2, -0.15) is 5.10 Å². The summed E-state index contributed by atoms with van der Waals surface area (Å²) in [7, 11) is -1.56. The number of likely N-dealkylation sites (tertiary alicyclic amines) is 1. The molecule has 2 aromatic rings. The molecule has 23 heavy (non-hydrogen) atoms. The van der Waals surface area contributed by atoms with E-state index in [1.807, 2.05) is 19.3 Å². The van der Waals surface area contributed by atoms with E-state index in [1.165, 1.54) is 6.20 Å². The van der Waals surface area contributed by atoms with E-state index in [2.05, 4.69) is 10.2 Å². The predicted octanol–water partition coefficient (Wildman–Crippen LogP) is 1.52. The number of rotatable bonds is 3. The van der Waals surface area contributed by atoms with Crippen LogP contribution >= 0.6 is 0 Å². The van der Waals surface area contributed by atoms with E-state index in [9.17, 15) is 13.2 Å². The van der Waals surface area contributed by atoms with Gasteiger partial charge in [0.15, 0.2) is 9.84 Å². The molecule has 1 N–H and O–H groups in total. The second-order valence-corrected chi connectivity index (χ2v) is 7.92. The molecule has 3 heterocycles. The first-order valence-corrected chi connectivity index (χ1v) is 9.44. The topological polar surface area (TPSA) is 88.1 Å². The number of hydrogen-bond donors (Lipinski definition) is 1. The van der Waals surface area contributed by atoms with Gasteiger partial charge in [-0.3, -0.25) is 9.89 Å². The van der Waals surface area contributed by atoms with Crippen LogP contribution in [-0.4, -0.2) is 46.8 Å². The molecule has 0 saturated carbocycles. The van der Waals surface area contributed by atoms with Gasteiger partial charge in [-0.25, -0.2) is 8.42 Å². The normalized spacial score (nSPS) is 19.0. The summed E-state index contributed by atoms with van der Waals surface area (Å²) >= 11 is 0. The fourth-order valence-electron chi connectivity index (χ4n) is 3.12. The van der Waals surface area contributed by atoms with Gasteiger partial charge in [0.05, 0.1) is 17.9 Å². The van der Waals surface area contributed by atoms with Crippen LogP contribution in [0.15, 0.2) is 29.4 Å². The van der Waals surface area contributed by atoms with Crippen LogP contribution in [0.5, 0.6) is 0 Å². The van der Waals surface area contributed by atoms with Gasteiger partial charge in [0.25, 0.3) is 5.91 Å². The number of hydrogen-bond acceptors (Lipinski definition) is 4. The monoisotopic (exact) mass is 336 g/mol. The Balaban J connectivity index is 1.99. The summed E-state index contributed by atoms with van der Waals surface area (Å²) in [6.07, 6.45) is 6.89. The molecule has 1 saturated heterocycles. The van der Waals surface area contributed by atoms with Crippen LogP contribution in [0.25, 0.3) is 0 Å². The Morgan fingerprint density at radius 3 is 2.83 bits per heavy atom. The largest absolute Gasteiger partial charge is 0.347 e. The van der Waals surface area contributed by atoms with E-state index < -0.39 is 9.84 Å². The molecule has 1 aliphatic rings. The minimum Gasteiger partial charge on any atom is -0.347 e. The number of carbonyl (C=O) groups is 1. The molecule has 0 spiro atoms. The minimum atomic E-state index is -3.39. The summed E-state index contributed by atoms with van der Waals surface area (Å²) in [6, 6.07) is 3.31. The third kappa shape index (κ3) is 2.90. The number of nitrogens with one attached hydrogen (secondary N) is 1. The highest BCUT2D eigenvalue weighted by atomic mass is 32.2.